The molecule has 1 N–H and O–H groups in total. The van der Waals surface area contributed by atoms with Gasteiger partial charge in [0.2, 0.25) is 0 Å². The highest BCUT2D eigenvalue weighted by Crippen LogP contribution is 2.38. The van der Waals surface area contributed by atoms with Gasteiger partial charge < -0.3 is 5.11 Å². The van der Waals surface area contributed by atoms with Crippen LogP contribution in [0.3, 0.4) is 0 Å². The first-order valence-electron chi connectivity index (χ1n) is 6.05. The molecule has 1 nitrogen and oxygen atoms in total. The summed E-state index contributed by atoms with van der Waals surface area (Å²) in [5.74, 6) is 2.01. The molecule has 1 rings (SSSR count). The van der Waals surface area contributed by atoms with Crippen LogP contribution in [-0.2, 0) is 0 Å². The van der Waals surface area contributed by atoms with Gasteiger partial charge in [-0.05, 0) is 30.6 Å². The molecule has 2 heteroatoms. The normalized spacial score (nSPS) is 14.8. The Labute approximate surface area is 103 Å². The maximum Gasteiger partial charge on any atom is 0.123 e. The summed E-state index contributed by atoms with van der Waals surface area (Å²) < 4.78 is 0. The average molecular weight is 238 g/mol. The molecule has 0 spiro atoms. The molecule has 0 unspecified atom stereocenters. The summed E-state index contributed by atoms with van der Waals surface area (Å²) >= 11 is 1.87. The zero-order chi connectivity index (χ0) is 12.1. The number of hydrogen-bond acceptors (Lipinski definition) is 2. The Morgan fingerprint density at radius 2 is 1.81 bits per heavy atom. The smallest absolute Gasteiger partial charge is 0.123 e. The molecule has 0 aromatic heterocycles. The second-order valence-electron chi connectivity index (χ2n) is 4.19. The summed E-state index contributed by atoms with van der Waals surface area (Å²) in [5, 5.41) is 10.6. The lowest BCUT2D eigenvalue weighted by molar-refractivity contribution is 0.455. The first-order valence-corrected chi connectivity index (χ1v) is 7.10. The fourth-order valence-corrected chi connectivity index (χ4v) is 2.74. The van der Waals surface area contributed by atoms with Gasteiger partial charge in [-0.25, -0.2) is 0 Å². The Balaban J connectivity index is 3.03. The Kier molecular flexibility index (Phi) is 5.20. The molecule has 0 aliphatic carbocycles. The van der Waals surface area contributed by atoms with Crippen molar-refractivity contribution in [2.24, 2.45) is 0 Å². The van der Waals surface area contributed by atoms with Crippen LogP contribution in [0.25, 0.3) is 0 Å². The topological polar surface area (TPSA) is 20.2 Å². The van der Waals surface area contributed by atoms with E-state index in [0.29, 0.717) is 16.9 Å². The van der Waals surface area contributed by atoms with E-state index in [1.807, 2.05) is 23.9 Å². The SMILES string of the molecule is CCS[C@@H](C)c1cccc([C@@H](C)CC)c1O. The molecule has 0 bridgehead atoms. The van der Waals surface area contributed by atoms with Gasteiger partial charge in [0.15, 0.2) is 0 Å². The molecule has 0 radical (unpaired) electrons. The van der Waals surface area contributed by atoms with Crippen molar-refractivity contribution in [3.8, 4) is 5.75 Å². The zero-order valence-corrected chi connectivity index (χ0v) is 11.5. The highest BCUT2D eigenvalue weighted by Gasteiger charge is 2.15. The van der Waals surface area contributed by atoms with E-state index in [1.54, 1.807) is 0 Å². The van der Waals surface area contributed by atoms with Crippen molar-refractivity contribution in [3.63, 3.8) is 0 Å². The van der Waals surface area contributed by atoms with Crippen LogP contribution in [0.4, 0.5) is 0 Å². The molecule has 16 heavy (non-hydrogen) atoms. The van der Waals surface area contributed by atoms with E-state index in [2.05, 4.69) is 33.8 Å². The van der Waals surface area contributed by atoms with Gasteiger partial charge in [0, 0.05) is 10.8 Å². The van der Waals surface area contributed by atoms with Crippen molar-refractivity contribution in [1.82, 2.24) is 0 Å². The van der Waals surface area contributed by atoms with Gasteiger partial charge in [-0.2, -0.15) is 11.8 Å². The van der Waals surface area contributed by atoms with Crippen LogP contribution in [0.1, 0.15) is 56.4 Å². The molecule has 0 saturated carbocycles. The maximum atomic E-state index is 10.3. The quantitative estimate of drug-likeness (QED) is 0.801. The van der Waals surface area contributed by atoms with Gasteiger partial charge in [0.1, 0.15) is 5.75 Å². The van der Waals surface area contributed by atoms with E-state index in [0.717, 1.165) is 23.3 Å². The molecule has 0 amide bonds. The van der Waals surface area contributed by atoms with E-state index in [-0.39, 0.29) is 0 Å². The minimum Gasteiger partial charge on any atom is -0.507 e. The predicted molar refractivity (Wildman–Crippen MR) is 73.4 cm³/mol. The minimum absolute atomic E-state index is 0.369. The number of benzene rings is 1. The van der Waals surface area contributed by atoms with Crippen molar-refractivity contribution in [2.75, 3.05) is 5.75 Å². The summed E-state index contributed by atoms with van der Waals surface area (Å²) in [4.78, 5) is 0. The molecular formula is C14H22OS. The van der Waals surface area contributed by atoms with E-state index in [9.17, 15) is 5.11 Å². The Morgan fingerprint density at radius 1 is 1.19 bits per heavy atom. The van der Waals surface area contributed by atoms with Crippen molar-refractivity contribution >= 4 is 11.8 Å². The van der Waals surface area contributed by atoms with Gasteiger partial charge in [-0.1, -0.05) is 39.0 Å². The Hall–Kier alpha value is -0.630. The minimum atomic E-state index is 0.369. The molecule has 1 aromatic rings. The fourth-order valence-electron chi connectivity index (χ4n) is 1.87. The number of aromatic hydroxyl groups is 1. The van der Waals surface area contributed by atoms with Crippen molar-refractivity contribution in [2.45, 2.75) is 45.3 Å². The molecule has 0 saturated heterocycles. The first kappa shape index (κ1) is 13.4. The molecule has 0 fully saturated rings. The molecule has 0 aliphatic rings. The molecular weight excluding hydrogens is 216 g/mol. The maximum absolute atomic E-state index is 10.3. The summed E-state index contributed by atoms with van der Waals surface area (Å²) in [6.45, 7) is 8.62. The Morgan fingerprint density at radius 3 is 2.38 bits per heavy atom. The monoisotopic (exact) mass is 238 g/mol. The number of phenols is 1. The van der Waals surface area contributed by atoms with Gasteiger partial charge in [-0.15, -0.1) is 0 Å². The standard InChI is InChI=1S/C14H22OS/c1-5-10(3)12-8-7-9-13(14(12)15)11(4)16-6-2/h7-11,15H,5-6H2,1-4H3/t10-,11-/m0/s1. The molecule has 1 aromatic carbocycles. The van der Waals surface area contributed by atoms with Gasteiger partial charge in [0.05, 0.1) is 0 Å². The summed E-state index contributed by atoms with van der Waals surface area (Å²) in [6.07, 6.45) is 1.06. The number of rotatable bonds is 5. The highest BCUT2D eigenvalue weighted by atomic mass is 32.2. The van der Waals surface area contributed by atoms with Crippen molar-refractivity contribution in [1.29, 1.82) is 0 Å². The lowest BCUT2D eigenvalue weighted by Gasteiger charge is -2.17. The number of hydrogen-bond donors (Lipinski definition) is 1. The lowest BCUT2D eigenvalue weighted by Crippen LogP contribution is -1.97. The van der Waals surface area contributed by atoms with Crippen molar-refractivity contribution < 1.29 is 5.11 Å². The largest absolute Gasteiger partial charge is 0.507 e. The third kappa shape index (κ3) is 2.94. The van der Waals surface area contributed by atoms with Crippen LogP contribution >= 0.6 is 11.8 Å². The molecule has 2 atom stereocenters. The Bertz CT molecular complexity index is 336. The second-order valence-corrected chi connectivity index (χ2v) is 5.81. The van der Waals surface area contributed by atoms with Crippen LogP contribution in [-0.4, -0.2) is 10.9 Å². The number of phenolic OH excluding ortho intramolecular Hbond substituents is 1. The average Bonchev–Trinajstić information content (AvgIpc) is 2.28. The summed E-state index contributed by atoms with van der Waals surface area (Å²) in [7, 11) is 0. The predicted octanol–water partition coefficient (Wildman–Crippen LogP) is 4.72. The van der Waals surface area contributed by atoms with Crippen LogP contribution in [0.2, 0.25) is 0 Å². The highest BCUT2D eigenvalue weighted by molar-refractivity contribution is 7.99. The van der Waals surface area contributed by atoms with Gasteiger partial charge >= 0.3 is 0 Å². The van der Waals surface area contributed by atoms with Crippen LogP contribution in [0.15, 0.2) is 18.2 Å². The lowest BCUT2D eigenvalue weighted by atomic mass is 9.95. The number of thioether (sulfide) groups is 1. The van der Waals surface area contributed by atoms with Crippen molar-refractivity contribution in [3.05, 3.63) is 29.3 Å². The van der Waals surface area contributed by atoms with E-state index in [4.69, 9.17) is 0 Å². The van der Waals surface area contributed by atoms with Crippen LogP contribution < -0.4 is 0 Å². The first-order chi connectivity index (χ1) is 7.61. The third-order valence-corrected chi connectivity index (χ3v) is 4.18. The van der Waals surface area contributed by atoms with Gasteiger partial charge in [-0.3, -0.25) is 0 Å². The second kappa shape index (κ2) is 6.19. The van der Waals surface area contributed by atoms with Gasteiger partial charge in [0.25, 0.3) is 0 Å². The van der Waals surface area contributed by atoms with E-state index >= 15 is 0 Å². The molecule has 0 aliphatic heterocycles. The van der Waals surface area contributed by atoms with Crippen LogP contribution in [0.5, 0.6) is 5.75 Å². The molecule has 90 valence electrons. The molecule has 0 heterocycles. The van der Waals surface area contributed by atoms with Crippen LogP contribution in [0, 0.1) is 0 Å². The van der Waals surface area contributed by atoms with E-state index < -0.39 is 0 Å². The number of para-hydroxylation sites is 1. The third-order valence-electron chi connectivity index (χ3n) is 3.10. The summed E-state index contributed by atoms with van der Waals surface area (Å²) in [5.41, 5.74) is 2.16. The fraction of sp³-hybridized carbons (Fsp3) is 0.571. The summed E-state index contributed by atoms with van der Waals surface area (Å²) in [6, 6.07) is 6.13. The zero-order valence-electron chi connectivity index (χ0n) is 10.7. The van der Waals surface area contributed by atoms with E-state index in [1.165, 1.54) is 0 Å².